The molecule has 0 fully saturated rings. The summed E-state index contributed by atoms with van der Waals surface area (Å²) in [7, 11) is 0. The molecule has 0 aliphatic carbocycles. The van der Waals surface area contributed by atoms with Crippen LogP contribution in [0.15, 0.2) is 0 Å². The van der Waals surface area contributed by atoms with E-state index in [9.17, 15) is 0 Å². The third-order valence-electron chi connectivity index (χ3n) is 0.624. The summed E-state index contributed by atoms with van der Waals surface area (Å²) < 4.78 is 0. The van der Waals surface area contributed by atoms with Gasteiger partial charge in [0.25, 0.3) is 0 Å². The number of hydrogen-bond donors (Lipinski definition) is 1. The highest BCUT2D eigenvalue weighted by atomic mass is 32.1. The Labute approximate surface area is 50.1 Å². The van der Waals surface area contributed by atoms with Gasteiger partial charge in [0.05, 0.1) is 4.99 Å². The number of nitrogens with one attached hydrogen (secondary N) is 1. The van der Waals surface area contributed by atoms with E-state index in [4.69, 9.17) is 12.2 Å². The van der Waals surface area contributed by atoms with Crippen molar-refractivity contribution in [3.8, 4) is 0 Å². The number of hydrogen-bond acceptors (Lipinski definition) is 1. The van der Waals surface area contributed by atoms with Gasteiger partial charge in [-0.3, -0.25) is 0 Å². The molecule has 0 radical (unpaired) electrons. The molecule has 2 heteroatoms. The molecular formula is C5H11NS. The first kappa shape index (κ1) is 6.89. The maximum Gasteiger partial charge on any atom is 0.0721 e. The molecular weight excluding hydrogens is 106 g/mol. The fraction of sp³-hybridized carbons (Fsp3) is 0.800. The summed E-state index contributed by atoms with van der Waals surface area (Å²) in [5.74, 6) is 0. The molecule has 0 bridgehead atoms. The van der Waals surface area contributed by atoms with Gasteiger partial charge >= 0.3 is 0 Å². The minimum atomic E-state index is 0.891. The van der Waals surface area contributed by atoms with E-state index < -0.39 is 0 Å². The van der Waals surface area contributed by atoms with Crippen LogP contribution in [0.2, 0.25) is 0 Å². The van der Waals surface area contributed by atoms with Crippen molar-refractivity contribution in [2.45, 2.75) is 20.3 Å². The largest absolute Gasteiger partial charge is 0.380 e. The van der Waals surface area contributed by atoms with Gasteiger partial charge in [-0.15, -0.1) is 0 Å². The van der Waals surface area contributed by atoms with E-state index in [2.05, 4.69) is 12.2 Å². The molecule has 1 N–H and O–H groups in total. The Kier molecular flexibility index (Phi) is 4.00. The van der Waals surface area contributed by atoms with Gasteiger partial charge in [0.15, 0.2) is 0 Å². The Morgan fingerprint density at radius 3 is 2.43 bits per heavy atom. The highest BCUT2D eigenvalue weighted by molar-refractivity contribution is 7.80. The van der Waals surface area contributed by atoms with E-state index in [0.717, 1.165) is 18.0 Å². The summed E-state index contributed by atoms with van der Waals surface area (Å²) in [6.07, 6.45) is 1.15. The van der Waals surface area contributed by atoms with Crippen molar-refractivity contribution in [2.24, 2.45) is 0 Å². The second kappa shape index (κ2) is 4.06. The quantitative estimate of drug-likeness (QED) is 0.548. The zero-order chi connectivity index (χ0) is 5.70. The molecule has 0 unspecified atom stereocenters. The molecule has 0 saturated carbocycles. The minimum Gasteiger partial charge on any atom is -0.380 e. The second-order valence-electron chi connectivity index (χ2n) is 1.48. The Morgan fingerprint density at radius 1 is 1.71 bits per heavy atom. The molecule has 0 saturated heterocycles. The smallest absolute Gasteiger partial charge is 0.0721 e. The van der Waals surface area contributed by atoms with Crippen LogP contribution in [0.3, 0.4) is 0 Å². The first-order valence-electron chi connectivity index (χ1n) is 2.51. The lowest BCUT2D eigenvalue weighted by Crippen LogP contribution is -2.18. The number of rotatable bonds is 2. The molecule has 0 spiro atoms. The van der Waals surface area contributed by atoms with Gasteiger partial charge in [-0.2, -0.15) is 0 Å². The summed E-state index contributed by atoms with van der Waals surface area (Å²) in [4.78, 5) is 0.891. The normalized spacial score (nSPS) is 8.29. The number of thiocarbonyl (C=S) groups is 1. The maximum absolute atomic E-state index is 4.75. The molecule has 0 aromatic carbocycles. The van der Waals surface area contributed by atoms with E-state index in [1.165, 1.54) is 0 Å². The summed E-state index contributed by atoms with van der Waals surface area (Å²) in [6, 6.07) is 0. The molecule has 0 aromatic rings. The van der Waals surface area contributed by atoms with E-state index in [1.54, 1.807) is 0 Å². The lowest BCUT2D eigenvalue weighted by Gasteiger charge is -1.96. The molecule has 0 atom stereocenters. The second-order valence-corrected chi connectivity index (χ2v) is 2.10. The third-order valence-corrected chi connectivity index (χ3v) is 0.768. The molecule has 0 aliphatic rings. The Morgan fingerprint density at radius 2 is 2.29 bits per heavy atom. The van der Waals surface area contributed by atoms with Gasteiger partial charge in [0, 0.05) is 6.54 Å². The Bertz CT molecular complexity index is 61.1. The first-order chi connectivity index (χ1) is 3.27. The topological polar surface area (TPSA) is 12.0 Å². The van der Waals surface area contributed by atoms with Crippen LogP contribution < -0.4 is 5.32 Å². The van der Waals surface area contributed by atoms with Crippen molar-refractivity contribution in [2.75, 3.05) is 6.54 Å². The highest BCUT2D eigenvalue weighted by Gasteiger charge is 1.78. The lowest BCUT2D eigenvalue weighted by atomic mass is 10.5. The molecule has 0 aromatic heterocycles. The summed E-state index contributed by atoms with van der Waals surface area (Å²) in [6.45, 7) is 5.02. The fourth-order valence-electron chi connectivity index (χ4n) is 0.301. The van der Waals surface area contributed by atoms with E-state index in [0.29, 0.717) is 0 Å². The van der Waals surface area contributed by atoms with E-state index in [-0.39, 0.29) is 0 Å². The standard InChI is InChI=1S/C5H11NS/c1-3-4-6-5(2)7/h3-4H2,1-2H3,(H,6,7). The monoisotopic (exact) mass is 117 g/mol. The highest BCUT2D eigenvalue weighted by Crippen LogP contribution is 1.70. The SMILES string of the molecule is CCCNC(C)=S. The van der Waals surface area contributed by atoms with Gasteiger partial charge in [-0.05, 0) is 13.3 Å². The predicted molar refractivity (Wildman–Crippen MR) is 36.6 cm³/mol. The van der Waals surface area contributed by atoms with Crippen LogP contribution in [-0.4, -0.2) is 11.5 Å². The van der Waals surface area contributed by atoms with Crippen molar-refractivity contribution < 1.29 is 0 Å². The van der Waals surface area contributed by atoms with E-state index in [1.807, 2.05) is 6.92 Å². The average Bonchev–Trinajstić information content (AvgIpc) is 1.61. The zero-order valence-corrected chi connectivity index (χ0v) is 5.64. The summed E-state index contributed by atoms with van der Waals surface area (Å²) in [5.41, 5.74) is 0. The van der Waals surface area contributed by atoms with E-state index >= 15 is 0 Å². The lowest BCUT2D eigenvalue weighted by molar-refractivity contribution is 0.846. The molecule has 0 aliphatic heterocycles. The minimum absolute atomic E-state index is 0.891. The molecule has 7 heavy (non-hydrogen) atoms. The van der Waals surface area contributed by atoms with Gasteiger partial charge in [0.2, 0.25) is 0 Å². The first-order valence-corrected chi connectivity index (χ1v) is 2.92. The third kappa shape index (κ3) is 5.89. The molecule has 42 valence electrons. The van der Waals surface area contributed by atoms with Gasteiger partial charge in [-0.1, -0.05) is 19.1 Å². The van der Waals surface area contributed by atoms with Crippen molar-refractivity contribution >= 4 is 17.2 Å². The maximum atomic E-state index is 4.75. The van der Waals surface area contributed by atoms with Gasteiger partial charge in [-0.25, -0.2) is 0 Å². The van der Waals surface area contributed by atoms with Crippen LogP contribution in [-0.2, 0) is 0 Å². The van der Waals surface area contributed by atoms with Crippen LogP contribution in [0.1, 0.15) is 20.3 Å². The van der Waals surface area contributed by atoms with Crippen molar-refractivity contribution in [3.63, 3.8) is 0 Å². The van der Waals surface area contributed by atoms with Crippen LogP contribution in [0.4, 0.5) is 0 Å². The zero-order valence-electron chi connectivity index (χ0n) is 4.82. The van der Waals surface area contributed by atoms with Crippen LogP contribution >= 0.6 is 12.2 Å². The van der Waals surface area contributed by atoms with Gasteiger partial charge < -0.3 is 5.32 Å². The summed E-state index contributed by atoms with van der Waals surface area (Å²) in [5, 5.41) is 3.03. The molecule has 0 heterocycles. The summed E-state index contributed by atoms with van der Waals surface area (Å²) >= 11 is 4.75. The molecule has 0 rings (SSSR count). The van der Waals surface area contributed by atoms with Crippen molar-refractivity contribution in [3.05, 3.63) is 0 Å². The fourth-order valence-corrected chi connectivity index (χ4v) is 0.403. The molecule has 0 amide bonds. The van der Waals surface area contributed by atoms with Crippen LogP contribution in [0.25, 0.3) is 0 Å². The molecule has 1 nitrogen and oxygen atoms in total. The van der Waals surface area contributed by atoms with Crippen LogP contribution in [0, 0.1) is 0 Å². The predicted octanol–water partition coefficient (Wildman–Crippen LogP) is 1.33. The average molecular weight is 117 g/mol. The van der Waals surface area contributed by atoms with Crippen molar-refractivity contribution in [1.82, 2.24) is 5.32 Å². The Hall–Kier alpha value is -0.110. The Balaban J connectivity index is 2.82. The van der Waals surface area contributed by atoms with Gasteiger partial charge in [0.1, 0.15) is 0 Å². The van der Waals surface area contributed by atoms with Crippen molar-refractivity contribution in [1.29, 1.82) is 0 Å². The van der Waals surface area contributed by atoms with Crippen LogP contribution in [0.5, 0.6) is 0 Å².